The van der Waals surface area contributed by atoms with E-state index in [9.17, 15) is 18.8 Å². The molecule has 1 aromatic carbocycles. The molecule has 10 heteroatoms. The molecular weight excluding hydrogens is 421 g/mol. The van der Waals surface area contributed by atoms with E-state index in [0.29, 0.717) is 5.56 Å². The molecule has 0 bridgehead atoms. The van der Waals surface area contributed by atoms with Crippen molar-refractivity contribution in [2.24, 2.45) is 0 Å². The molecule has 0 radical (unpaired) electrons. The van der Waals surface area contributed by atoms with Crippen LogP contribution in [0.2, 0.25) is 5.15 Å². The number of aryl methyl sites for hydroxylation is 1. The number of halogens is 3. The molecule has 0 fully saturated rings. The van der Waals surface area contributed by atoms with Crippen molar-refractivity contribution >= 4 is 51.0 Å². The summed E-state index contributed by atoms with van der Waals surface area (Å²) < 4.78 is 14.6. The summed E-state index contributed by atoms with van der Waals surface area (Å²) in [5.74, 6) is -3.23. The van der Waals surface area contributed by atoms with E-state index < -0.39 is 30.0 Å². The van der Waals surface area contributed by atoms with Gasteiger partial charge in [0.1, 0.15) is 5.82 Å². The van der Waals surface area contributed by atoms with Crippen LogP contribution in [0.1, 0.15) is 33.7 Å². The molecule has 2 aromatic rings. The van der Waals surface area contributed by atoms with Crippen LogP contribution in [0.25, 0.3) is 0 Å². The number of benzene rings is 1. The summed E-state index contributed by atoms with van der Waals surface area (Å²) in [5, 5.41) is 14.6. The number of hydrogen-bond donors (Lipinski definition) is 2. The van der Waals surface area contributed by atoms with Crippen LogP contribution < -0.4 is 5.32 Å². The number of carboxylic acid groups (broad SMARTS) is 1. The number of carbonyl (C=O) groups is 3. The predicted octanol–water partition coefficient (Wildman–Crippen LogP) is 3.50. The van der Waals surface area contributed by atoms with E-state index in [1.807, 2.05) is 0 Å². The molecule has 132 valence electrons. The molecule has 1 aromatic heterocycles. The van der Waals surface area contributed by atoms with E-state index >= 15 is 0 Å². The minimum absolute atomic E-state index is 0.0443. The molecule has 0 aliphatic rings. The van der Waals surface area contributed by atoms with Crippen LogP contribution in [0.4, 0.5) is 10.1 Å². The summed E-state index contributed by atoms with van der Waals surface area (Å²) in [6.07, 6.45) is -0.737. The Morgan fingerprint density at radius 1 is 1.36 bits per heavy atom. The number of aliphatic carboxylic acids is 1. The minimum atomic E-state index is -1.15. The van der Waals surface area contributed by atoms with E-state index in [1.54, 1.807) is 13.0 Å². The smallest absolute Gasteiger partial charge is 0.303 e. The molecule has 25 heavy (non-hydrogen) atoms. The van der Waals surface area contributed by atoms with Crippen LogP contribution in [0.3, 0.4) is 0 Å². The molecule has 1 amide bonds. The molecule has 2 N–H and O–H groups in total. The third-order valence-corrected chi connectivity index (χ3v) is 4.48. The quantitative estimate of drug-likeness (QED) is 0.753. The van der Waals surface area contributed by atoms with Crippen LogP contribution >= 0.6 is 27.5 Å². The largest absolute Gasteiger partial charge is 0.481 e. The first-order valence-electron chi connectivity index (χ1n) is 6.97. The van der Waals surface area contributed by atoms with Crippen LogP contribution in [0.15, 0.2) is 22.7 Å². The predicted molar refractivity (Wildman–Crippen MR) is 91.5 cm³/mol. The Bertz CT molecular complexity index is 869. The molecule has 0 unspecified atom stereocenters. The fourth-order valence-corrected chi connectivity index (χ4v) is 2.56. The molecule has 0 saturated heterocycles. The van der Waals surface area contributed by atoms with E-state index in [-0.39, 0.29) is 27.4 Å². The molecule has 0 spiro atoms. The summed E-state index contributed by atoms with van der Waals surface area (Å²) in [5.41, 5.74) is 0.409. The Labute approximate surface area is 154 Å². The van der Waals surface area contributed by atoms with Gasteiger partial charge in [0.25, 0.3) is 5.91 Å². The lowest BCUT2D eigenvalue weighted by atomic mass is 10.2. The molecule has 7 nitrogen and oxygen atoms in total. The number of anilines is 1. The molecule has 0 atom stereocenters. The highest BCUT2D eigenvalue weighted by molar-refractivity contribution is 9.10. The lowest BCUT2D eigenvalue weighted by Gasteiger charge is -2.05. The fourth-order valence-electron chi connectivity index (χ4n) is 1.91. The summed E-state index contributed by atoms with van der Waals surface area (Å²) in [6.45, 7) is 1.70. The van der Waals surface area contributed by atoms with E-state index in [2.05, 4.69) is 26.3 Å². The maximum Gasteiger partial charge on any atom is 0.303 e. The number of hydrogen-bond acceptors (Lipinski definition) is 4. The van der Waals surface area contributed by atoms with Gasteiger partial charge in [-0.3, -0.25) is 14.4 Å². The Morgan fingerprint density at radius 2 is 2.04 bits per heavy atom. The van der Waals surface area contributed by atoms with Crippen molar-refractivity contribution in [3.8, 4) is 0 Å². The summed E-state index contributed by atoms with van der Waals surface area (Å²) in [6, 6.07) is 4.27. The first kappa shape index (κ1) is 19.1. The van der Waals surface area contributed by atoms with Gasteiger partial charge in [0.2, 0.25) is 5.91 Å². The highest BCUT2D eigenvalue weighted by Crippen LogP contribution is 2.27. The van der Waals surface area contributed by atoms with Gasteiger partial charge in [0.05, 0.1) is 16.6 Å². The maximum atomic E-state index is 13.8. The molecule has 0 aliphatic heterocycles. The van der Waals surface area contributed by atoms with Gasteiger partial charge in [-0.1, -0.05) is 17.7 Å². The number of carboxylic acids is 1. The third kappa shape index (κ3) is 4.43. The molecular formula is C15H12BrClFN3O4. The average molecular weight is 433 g/mol. The number of carbonyl (C=O) groups excluding carboxylic acids is 2. The van der Waals surface area contributed by atoms with Gasteiger partial charge in [0.15, 0.2) is 10.8 Å². The zero-order valence-electron chi connectivity index (χ0n) is 12.8. The zero-order valence-corrected chi connectivity index (χ0v) is 15.2. The Morgan fingerprint density at radius 3 is 2.64 bits per heavy atom. The number of nitrogens with one attached hydrogen (secondary N) is 1. The van der Waals surface area contributed by atoms with Gasteiger partial charge in [-0.15, -0.1) is 0 Å². The van der Waals surface area contributed by atoms with Crippen molar-refractivity contribution in [1.82, 2.24) is 9.78 Å². The number of amides is 1. The second kappa shape index (κ2) is 7.75. The van der Waals surface area contributed by atoms with Crippen molar-refractivity contribution in [2.75, 3.05) is 5.32 Å². The van der Waals surface area contributed by atoms with Gasteiger partial charge >= 0.3 is 5.97 Å². The number of nitrogens with zero attached hydrogens (tertiary/aromatic N) is 2. The highest BCUT2D eigenvalue weighted by atomic mass is 79.9. The van der Waals surface area contributed by atoms with Gasteiger partial charge < -0.3 is 10.4 Å². The second-order valence-corrected chi connectivity index (χ2v) is 6.24. The normalized spacial score (nSPS) is 10.6. The lowest BCUT2D eigenvalue weighted by molar-refractivity contribution is -0.137. The Balaban J connectivity index is 2.24. The lowest BCUT2D eigenvalue weighted by Crippen LogP contribution is -2.17. The van der Waals surface area contributed by atoms with Gasteiger partial charge in [-0.2, -0.15) is 9.78 Å². The fraction of sp³-hybridized carbons (Fsp3) is 0.200. The van der Waals surface area contributed by atoms with Gasteiger partial charge in [0, 0.05) is 6.42 Å². The first-order valence-corrected chi connectivity index (χ1v) is 8.14. The summed E-state index contributed by atoms with van der Waals surface area (Å²) in [4.78, 5) is 34.8. The van der Waals surface area contributed by atoms with Crippen molar-refractivity contribution in [1.29, 1.82) is 0 Å². The summed E-state index contributed by atoms with van der Waals surface area (Å²) >= 11 is 9.01. The monoisotopic (exact) mass is 431 g/mol. The molecule has 1 heterocycles. The van der Waals surface area contributed by atoms with Crippen LogP contribution in [-0.2, 0) is 4.79 Å². The maximum absolute atomic E-state index is 13.8. The average Bonchev–Trinajstić information content (AvgIpc) is 2.84. The topological polar surface area (TPSA) is 101 Å². The molecule has 0 aliphatic carbocycles. The van der Waals surface area contributed by atoms with Crippen LogP contribution in [0, 0.1) is 12.7 Å². The minimum Gasteiger partial charge on any atom is -0.481 e. The standard InChI is InChI=1S/C15H12BrClFN3O4/c1-7-2-3-9(8(18)6-7)19-15(25)13-12(16)14(17)21(20-13)10(22)4-5-11(23)24/h2-3,6H,4-5H2,1H3,(H,19,25)(H,23,24). The second-order valence-electron chi connectivity index (χ2n) is 5.09. The van der Waals surface area contributed by atoms with Crippen molar-refractivity contribution < 1.29 is 23.9 Å². The van der Waals surface area contributed by atoms with Gasteiger partial charge in [-0.25, -0.2) is 4.39 Å². The highest BCUT2D eigenvalue weighted by Gasteiger charge is 2.24. The summed E-state index contributed by atoms with van der Waals surface area (Å²) in [7, 11) is 0. The van der Waals surface area contributed by atoms with Crippen LogP contribution in [0.5, 0.6) is 0 Å². The van der Waals surface area contributed by atoms with Crippen molar-refractivity contribution in [3.63, 3.8) is 0 Å². The Hall–Kier alpha value is -2.26. The van der Waals surface area contributed by atoms with E-state index in [1.165, 1.54) is 12.1 Å². The van der Waals surface area contributed by atoms with E-state index in [4.69, 9.17) is 16.7 Å². The van der Waals surface area contributed by atoms with Crippen LogP contribution in [-0.4, -0.2) is 32.7 Å². The SMILES string of the molecule is Cc1ccc(NC(=O)c2nn(C(=O)CCC(=O)O)c(Cl)c2Br)c(F)c1. The van der Waals surface area contributed by atoms with Crippen molar-refractivity contribution in [3.05, 3.63) is 44.9 Å². The first-order chi connectivity index (χ1) is 11.7. The van der Waals surface area contributed by atoms with Crippen molar-refractivity contribution in [2.45, 2.75) is 19.8 Å². The molecule has 2 rings (SSSR count). The Kier molecular flexibility index (Phi) is 5.91. The molecule has 0 saturated carbocycles. The van der Waals surface area contributed by atoms with Gasteiger partial charge in [-0.05, 0) is 40.5 Å². The number of aromatic nitrogens is 2. The zero-order chi connectivity index (χ0) is 18.7. The third-order valence-electron chi connectivity index (χ3n) is 3.15. The van der Waals surface area contributed by atoms with E-state index in [0.717, 1.165) is 4.68 Å². The number of rotatable bonds is 5.